The van der Waals surface area contributed by atoms with Crippen molar-refractivity contribution in [1.82, 2.24) is 4.31 Å². The predicted octanol–water partition coefficient (Wildman–Crippen LogP) is 2.26. The maximum Gasteiger partial charge on any atom is 0.242 e. The van der Waals surface area contributed by atoms with Gasteiger partial charge in [0.25, 0.3) is 0 Å². The second-order valence-electron chi connectivity index (χ2n) is 7.42. The van der Waals surface area contributed by atoms with Gasteiger partial charge in [-0.25, -0.2) is 12.7 Å². The van der Waals surface area contributed by atoms with Crippen molar-refractivity contribution < 1.29 is 13.2 Å². The van der Waals surface area contributed by atoms with Crippen molar-refractivity contribution in [2.45, 2.75) is 38.0 Å². The fraction of sp³-hybridized carbons (Fsp3) is 0.588. The van der Waals surface area contributed by atoms with Gasteiger partial charge >= 0.3 is 0 Å². The molecule has 5 nitrogen and oxygen atoms in total. The molecule has 0 bridgehead atoms. The molecule has 1 aliphatic heterocycles. The van der Waals surface area contributed by atoms with Crippen molar-refractivity contribution in [3.8, 4) is 0 Å². The van der Waals surface area contributed by atoms with Gasteiger partial charge in [-0.3, -0.25) is 4.79 Å². The second kappa shape index (κ2) is 5.31. The van der Waals surface area contributed by atoms with Crippen LogP contribution in [-0.2, 0) is 21.2 Å². The number of aryl methyl sites for hydroxylation is 1. The molecule has 0 unspecified atom stereocenters. The van der Waals surface area contributed by atoms with E-state index in [0.717, 1.165) is 37.1 Å². The largest absolute Gasteiger partial charge is 0.312 e. The molecule has 0 spiro atoms. The average Bonchev–Trinajstić information content (AvgIpc) is 3.13. The molecular formula is C17H24N2O3S. The number of fused-ring (bicyclic) bond motifs is 1. The van der Waals surface area contributed by atoms with Crippen LogP contribution in [0.1, 0.15) is 32.3 Å². The molecule has 1 saturated carbocycles. The SMILES string of the molecule is CN(C)S(=O)(=O)c1ccc2c(c1)CCCN2C(=O)[C@H]1CC1(C)C. The minimum absolute atomic E-state index is 0.0960. The average molecular weight is 336 g/mol. The third-order valence-corrected chi connectivity index (χ3v) is 6.84. The first kappa shape index (κ1) is 16.5. The highest BCUT2D eigenvalue weighted by Gasteiger charge is 2.52. The number of amides is 1. The molecule has 1 atom stereocenters. The zero-order valence-electron chi connectivity index (χ0n) is 14.2. The molecule has 3 rings (SSSR count). The van der Waals surface area contributed by atoms with Gasteiger partial charge in [0.2, 0.25) is 15.9 Å². The Labute approximate surface area is 138 Å². The summed E-state index contributed by atoms with van der Waals surface area (Å²) in [5.74, 6) is 0.276. The van der Waals surface area contributed by atoms with E-state index >= 15 is 0 Å². The van der Waals surface area contributed by atoms with Crippen LogP contribution in [0.2, 0.25) is 0 Å². The van der Waals surface area contributed by atoms with E-state index in [1.54, 1.807) is 18.2 Å². The van der Waals surface area contributed by atoms with Crippen LogP contribution in [-0.4, -0.2) is 39.3 Å². The van der Waals surface area contributed by atoms with E-state index in [1.165, 1.54) is 18.4 Å². The Morgan fingerprint density at radius 3 is 2.52 bits per heavy atom. The van der Waals surface area contributed by atoms with Crippen molar-refractivity contribution in [1.29, 1.82) is 0 Å². The number of anilines is 1. The van der Waals surface area contributed by atoms with E-state index < -0.39 is 10.0 Å². The fourth-order valence-electron chi connectivity index (χ4n) is 3.25. The minimum atomic E-state index is -3.44. The van der Waals surface area contributed by atoms with Crippen LogP contribution in [0.25, 0.3) is 0 Å². The predicted molar refractivity (Wildman–Crippen MR) is 89.9 cm³/mol. The highest BCUT2D eigenvalue weighted by atomic mass is 32.2. The number of hydrogen-bond acceptors (Lipinski definition) is 3. The van der Waals surface area contributed by atoms with Gasteiger partial charge in [-0.2, -0.15) is 0 Å². The van der Waals surface area contributed by atoms with Crippen LogP contribution in [0, 0.1) is 11.3 Å². The van der Waals surface area contributed by atoms with Gasteiger partial charge < -0.3 is 4.90 Å². The third-order valence-electron chi connectivity index (χ3n) is 5.03. The lowest BCUT2D eigenvalue weighted by atomic mass is 10.0. The highest BCUT2D eigenvalue weighted by Crippen LogP contribution is 2.53. The topological polar surface area (TPSA) is 57.7 Å². The lowest BCUT2D eigenvalue weighted by Gasteiger charge is -2.30. The van der Waals surface area contributed by atoms with Gasteiger partial charge in [-0.05, 0) is 48.4 Å². The summed E-state index contributed by atoms with van der Waals surface area (Å²) in [7, 11) is -0.386. The molecule has 23 heavy (non-hydrogen) atoms. The quantitative estimate of drug-likeness (QED) is 0.851. The second-order valence-corrected chi connectivity index (χ2v) is 9.57. The summed E-state index contributed by atoms with van der Waals surface area (Å²) in [6.07, 6.45) is 2.62. The number of carbonyl (C=O) groups is 1. The van der Waals surface area contributed by atoms with Gasteiger partial charge in [0, 0.05) is 32.2 Å². The normalized spacial score (nSPS) is 22.8. The zero-order valence-corrected chi connectivity index (χ0v) is 15.0. The molecule has 0 N–H and O–H groups in total. The zero-order chi connectivity index (χ0) is 17.0. The molecule has 1 amide bonds. The number of hydrogen-bond donors (Lipinski definition) is 0. The van der Waals surface area contributed by atoms with Crippen molar-refractivity contribution in [2.75, 3.05) is 25.5 Å². The molecular weight excluding hydrogens is 312 g/mol. The molecule has 126 valence electrons. The van der Waals surface area contributed by atoms with Crippen LogP contribution in [0.3, 0.4) is 0 Å². The molecule has 1 fully saturated rings. The number of carbonyl (C=O) groups excluding carboxylic acids is 1. The first-order valence-corrected chi connectivity index (χ1v) is 9.45. The van der Waals surface area contributed by atoms with E-state index in [0.29, 0.717) is 4.90 Å². The number of benzene rings is 1. The summed E-state index contributed by atoms with van der Waals surface area (Å²) in [6.45, 7) is 4.96. The van der Waals surface area contributed by atoms with E-state index in [2.05, 4.69) is 13.8 Å². The Balaban J connectivity index is 1.94. The van der Waals surface area contributed by atoms with Crippen LogP contribution in [0.4, 0.5) is 5.69 Å². The van der Waals surface area contributed by atoms with Crippen molar-refractivity contribution >= 4 is 21.6 Å². The molecule has 1 aromatic carbocycles. The van der Waals surface area contributed by atoms with E-state index in [9.17, 15) is 13.2 Å². The van der Waals surface area contributed by atoms with Gasteiger partial charge in [0.1, 0.15) is 0 Å². The molecule has 1 aromatic rings. The Morgan fingerprint density at radius 1 is 1.30 bits per heavy atom. The fourth-order valence-corrected chi connectivity index (χ4v) is 4.20. The number of rotatable bonds is 3. The first-order valence-electron chi connectivity index (χ1n) is 8.01. The van der Waals surface area contributed by atoms with Gasteiger partial charge in [-0.15, -0.1) is 0 Å². The highest BCUT2D eigenvalue weighted by molar-refractivity contribution is 7.89. The number of nitrogens with zero attached hydrogens (tertiary/aromatic N) is 2. The van der Waals surface area contributed by atoms with Crippen molar-refractivity contribution in [2.24, 2.45) is 11.3 Å². The molecule has 1 heterocycles. The Bertz CT molecular complexity index is 753. The lowest BCUT2D eigenvalue weighted by Crippen LogP contribution is -2.37. The van der Waals surface area contributed by atoms with Crippen LogP contribution in [0.5, 0.6) is 0 Å². The first-order chi connectivity index (χ1) is 10.6. The summed E-state index contributed by atoms with van der Waals surface area (Å²) in [4.78, 5) is 14.9. The van der Waals surface area contributed by atoms with Crippen LogP contribution in [0.15, 0.2) is 23.1 Å². The van der Waals surface area contributed by atoms with Gasteiger partial charge in [-0.1, -0.05) is 13.8 Å². The Kier molecular flexibility index (Phi) is 3.80. The minimum Gasteiger partial charge on any atom is -0.312 e. The summed E-state index contributed by atoms with van der Waals surface area (Å²) < 4.78 is 25.8. The van der Waals surface area contributed by atoms with Gasteiger partial charge in [0.15, 0.2) is 0 Å². The molecule has 0 saturated heterocycles. The standard InChI is InChI=1S/C17H24N2O3S/c1-17(2)11-14(17)16(20)19-9-5-6-12-10-13(7-8-15(12)19)23(21,22)18(3)4/h7-8,10,14H,5-6,9,11H2,1-4H3/t14-/m1/s1. The molecule has 2 aliphatic rings. The maximum absolute atomic E-state index is 12.7. The molecule has 6 heteroatoms. The van der Waals surface area contributed by atoms with Crippen LogP contribution >= 0.6 is 0 Å². The summed E-state index contributed by atoms with van der Waals surface area (Å²) in [6, 6.07) is 5.12. The number of sulfonamides is 1. The molecule has 0 aromatic heterocycles. The Morgan fingerprint density at radius 2 is 1.96 bits per heavy atom. The molecule has 0 radical (unpaired) electrons. The lowest BCUT2D eigenvalue weighted by molar-refractivity contribution is -0.120. The summed E-state index contributed by atoms with van der Waals surface area (Å²) >= 11 is 0. The van der Waals surface area contributed by atoms with E-state index in [-0.39, 0.29) is 17.2 Å². The summed E-state index contributed by atoms with van der Waals surface area (Å²) in [5.41, 5.74) is 1.93. The molecule has 1 aliphatic carbocycles. The maximum atomic E-state index is 12.7. The monoisotopic (exact) mass is 336 g/mol. The Hall–Kier alpha value is -1.40. The third kappa shape index (κ3) is 2.78. The van der Waals surface area contributed by atoms with Crippen molar-refractivity contribution in [3.05, 3.63) is 23.8 Å². The van der Waals surface area contributed by atoms with Crippen LogP contribution < -0.4 is 4.90 Å². The van der Waals surface area contributed by atoms with E-state index in [1.807, 2.05) is 4.90 Å². The van der Waals surface area contributed by atoms with E-state index in [4.69, 9.17) is 0 Å². The summed E-state index contributed by atoms with van der Waals surface area (Å²) in [5, 5.41) is 0. The van der Waals surface area contributed by atoms with Gasteiger partial charge in [0.05, 0.1) is 4.90 Å². The van der Waals surface area contributed by atoms with Crippen molar-refractivity contribution in [3.63, 3.8) is 0 Å². The smallest absolute Gasteiger partial charge is 0.242 e.